The zero-order valence-electron chi connectivity index (χ0n) is 18.3. The van der Waals surface area contributed by atoms with Crippen LogP contribution in [0.4, 0.5) is 16.2 Å². The van der Waals surface area contributed by atoms with Crippen LogP contribution in [-0.2, 0) is 0 Å². The van der Waals surface area contributed by atoms with Crippen LogP contribution in [0.25, 0.3) is 16.7 Å². The number of hydrogen-bond donors (Lipinski definition) is 3. The number of nitrogens with one attached hydrogen (secondary N) is 2. The molecule has 3 rings (SSSR count). The molecule has 0 saturated heterocycles. The van der Waals surface area contributed by atoms with Gasteiger partial charge in [0, 0.05) is 11.4 Å². The van der Waals surface area contributed by atoms with E-state index < -0.39 is 0 Å². The third kappa shape index (κ3) is 5.89. The molecule has 0 aliphatic heterocycles. The molecular formula is C27H27N3O2. The van der Waals surface area contributed by atoms with Gasteiger partial charge in [-0.25, -0.2) is 4.79 Å². The summed E-state index contributed by atoms with van der Waals surface area (Å²) < 4.78 is 5.41. The Kier molecular flexibility index (Phi) is 7.49. The van der Waals surface area contributed by atoms with E-state index in [-0.39, 0.29) is 6.03 Å². The van der Waals surface area contributed by atoms with E-state index in [0.717, 1.165) is 22.3 Å². The Hall–Kier alpha value is -4.25. The molecule has 0 spiro atoms. The van der Waals surface area contributed by atoms with Crippen molar-refractivity contribution < 1.29 is 9.53 Å². The molecule has 2 amide bonds. The molecule has 3 aromatic carbocycles. The fourth-order valence-electron chi connectivity index (χ4n) is 3.25. The first-order valence-corrected chi connectivity index (χ1v) is 10.2. The molecule has 0 unspecified atom stereocenters. The molecule has 0 radical (unpaired) electrons. The van der Waals surface area contributed by atoms with E-state index in [4.69, 9.17) is 10.5 Å². The SMILES string of the molecule is C=C/C=C(\C=C(\C)N)c1ccc(NC(=O)Nc2cc(-c3ccccc3)ccc2OC)cc1. The molecule has 0 aliphatic carbocycles. The van der Waals surface area contributed by atoms with Crippen LogP contribution >= 0.6 is 0 Å². The normalized spacial score (nSPS) is 11.6. The second-order valence-corrected chi connectivity index (χ2v) is 7.18. The number of anilines is 2. The molecule has 32 heavy (non-hydrogen) atoms. The van der Waals surface area contributed by atoms with E-state index >= 15 is 0 Å². The maximum absolute atomic E-state index is 12.6. The van der Waals surface area contributed by atoms with Crippen LogP contribution in [0, 0.1) is 0 Å². The molecule has 3 aromatic rings. The fraction of sp³-hybridized carbons (Fsp3) is 0.0741. The van der Waals surface area contributed by atoms with Gasteiger partial charge in [0.1, 0.15) is 5.75 Å². The predicted molar refractivity (Wildman–Crippen MR) is 134 cm³/mol. The average molecular weight is 426 g/mol. The Balaban J connectivity index is 1.75. The highest BCUT2D eigenvalue weighted by Crippen LogP contribution is 2.30. The minimum atomic E-state index is -0.360. The van der Waals surface area contributed by atoms with Crippen LogP contribution in [0.1, 0.15) is 12.5 Å². The Labute approximate surface area is 188 Å². The highest BCUT2D eigenvalue weighted by atomic mass is 16.5. The van der Waals surface area contributed by atoms with E-state index in [1.807, 2.05) is 91.9 Å². The standard InChI is InChI=1S/C27H27N3O2/c1-4-8-22(17-19(2)28)21-11-14-24(15-12-21)29-27(31)30-25-18-23(13-16-26(25)32-3)20-9-6-5-7-10-20/h4-18H,1,28H2,2-3H3,(H2,29,30,31)/b19-17-,22-8+. The first-order valence-electron chi connectivity index (χ1n) is 10.2. The molecule has 0 aromatic heterocycles. The number of allylic oxidation sites excluding steroid dienone is 5. The molecule has 162 valence electrons. The Morgan fingerprint density at radius 2 is 1.69 bits per heavy atom. The maximum Gasteiger partial charge on any atom is 0.323 e. The third-order valence-electron chi connectivity index (χ3n) is 4.71. The lowest BCUT2D eigenvalue weighted by Gasteiger charge is -2.13. The van der Waals surface area contributed by atoms with Gasteiger partial charge in [-0.3, -0.25) is 0 Å². The molecule has 4 N–H and O–H groups in total. The zero-order chi connectivity index (χ0) is 22.9. The molecule has 5 heteroatoms. The van der Waals surface area contributed by atoms with Gasteiger partial charge in [-0.15, -0.1) is 0 Å². The summed E-state index contributed by atoms with van der Waals surface area (Å²) in [5.74, 6) is 0.582. The van der Waals surface area contributed by atoms with Crippen molar-refractivity contribution in [3.63, 3.8) is 0 Å². The molecule has 0 aliphatic rings. The van der Waals surface area contributed by atoms with Crippen LogP contribution in [0.5, 0.6) is 5.75 Å². The first-order chi connectivity index (χ1) is 15.5. The number of nitrogens with two attached hydrogens (primary N) is 1. The monoisotopic (exact) mass is 425 g/mol. The number of methoxy groups -OCH3 is 1. The highest BCUT2D eigenvalue weighted by Gasteiger charge is 2.10. The molecule has 0 fully saturated rings. The summed E-state index contributed by atoms with van der Waals surface area (Å²) in [5, 5.41) is 5.73. The summed E-state index contributed by atoms with van der Waals surface area (Å²) in [6.45, 7) is 5.58. The summed E-state index contributed by atoms with van der Waals surface area (Å²) in [4.78, 5) is 12.6. The zero-order valence-corrected chi connectivity index (χ0v) is 18.3. The van der Waals surface area contributed by atoms with Gasteiger partial charge in [-0.2, -0.15) is 0 Å². The summed E-state index contributed by atoms with van der Waals surface area (Å²) >= 11 is 0. The summed E-state index contributed by atoms with van der Waals surface area (Å²) in [6, 6.07) is 22.8. The largest absolute Gasteiger partial charge is 0.495 e. The van der Waals surface area contributed by atoms with Gasteiger partial charge in [0.05, 0.1) is 12.8 Å². The van der Waals surface area contributed by atoms with Crippen molar-refractivity contribution in [3.8, 4) is 16.9 Å². The van der Waals surface area contributed by atoms with Crippen molar-refractivity contribution >= 4 is 23.0 Å². The second kappa shape index (κ2) is 10.7. The van der Waals surface area contributed by atoms with E-state index in [2.05, 4.69) is 17.2 Å². The Morgan fingerprint density at radius 1 is 0.969 bits per heavy atom. The van der Waals surface area contributed by atoms with Gasteiger partial charge in [0.25, 0.3) is 0 Å². The van der Waals surface area contributed by atoms with E-state index in [1.54, 1.807) is 13.2 Å². The Bertz CT molecular complexity index is 1140. The number of ether oxygens (including phenoxy) is 1. The van der Waals surface area contributed by atoms with Gasteiger partial charge in [-0.05, 0) is 59.5 Å². The van der Waals surface area contributed by atoms with Crippen molar-refractivity contribution in [3.05, 3.63) is 109 Å². The number of amides is 2. The lowest BCUT2D eigenvalue weighted by molar-refractivity contribution is 0.262. The van der Waals surface area contributed by atoms with Gasteiger partial charge >= 0.3 is 6.03 Å². The fourth-order valence-corrected chi connectivity index (χ4v) is 3.25. The summed E-state index contributed by atoms with van der Waals surface area (Å²) in [6.07, 6.45) is 5.48. The number of benzene rings is 3. The van der Waals surface area contributed by atoms with Crippen LogP contribution in [0.15, 0.2) is 103 Å². The maximum atomic E-state index is 12.6. The number of carbonyl (C=O) groups excluding carboxylic acids is 1. The summed E-state index contributed by atoms with van der Waals surface area (Å²) in [7, 11) is 1.57. The average Bonchev–Trinajstić information content (AvgIpc) is 2.79. The molecule has 0 saturated carbocycles. The van der Waals surface area contributed by atoms with E-state index in [9.17, 15) is 4.79 Å². The Morgan fingerprint density at radius 3 is 2.31 bits per heavy atom. The van der Waals surface area contributed by atoms with Gasteiger partial charge in [0.2, 0.25) is 0 Å². The van der Waals surface area contributed by atoms with Crippen LogP contribution in [0.2, 0.25) is 0 Å². The highest BCUT2D eigenvalue weighted by molar-refractivity contribution is 6.01. The smallest absolute Gasteiger partial charge is 0.323 e. The van der Waals surface area contributed by atoms with Gasteiger partial charge < -0.3 is 21.1 Å². The minimum Gasteiger partial charge on any atom is -0.495 e. The number of carbonyl (C=O) groups is 1. The lowest BCUT2D eigenvalue weighted by Crippen LogP contribution is -2.19. The van der Waals surface area contributed by atoms with Crippen LogP contribution < -0.4 is 21.1 Å². The van der Waals surface area contributed by atoms with Crippen LogP contribution in [0.3, 0.4) is 0 Å². The number of urea groups is 1. The molecule has 5 nitrogen and oxygen atoms in total. The number of hydrogen-bond acceptors (Lipinski definition) is 3. The first kappa shape index (κ1) is 22.4. The van der Waals surface area contributed by atoms with Crippen LogP contribution in [-0.4, -0.2) is 13.1 Å². The quantitative estimate of drug-likeness (QED) is 0.381. The van der Waals surface area contributed by atoms with Crippen molar-refractivity contribution in [1.82, 2.24) is 0 Å². The topological polar surface area (TPSA) is 76.4 Å². The lowest BCUT2D eigenvalue weighted by atomic mass is 10.0. The number of rotatable bonds is 7. The van der Waals surface area contributed by atoms with Gasteiger partial charge in [-0.1, -0.05) is 67.3 Å². The van der Waals surface area contributed by atoms with Crippen molar-refractivity contribution in [1.29, 1.82) is 0 Å². The predicted octanol–water partition coefficient (Wildman–Crippen LogP) is 6.44. The molecule has 0 atom stereocenters. The minimum absolute atomic E-state index is 0.360. The van der Waals surface area contributed by atoms with E-state index in [0.29, 0.717) is 22.8 Å². The van der Waals surface area contributed by atoms with Crippen molar-refractivity contribution in [2.75, 3.05) is 17.7 Å². The molecular weight excluding hydrogens is 398 g/mol. The molecule has 0 bridgehead atoms. The van der Waals surface area contributed by atoms with Crippen molar-refractivity contribution in [2.45, 2.75) is 6.92 Å². The molecule has 0 heterocycles. The second-order valence-electron chi connectivity index (χ2n) is 7.18. The summed E-state index contributed by atoms with van der Waals surface area (Å²) in [5.41, 5.74) is 11.7. The van der Waals surface area contributed by atoms with Crippen molar-refractivity contribution in [2.24, 2.45) is 5.73 Å². The third-order valence-corrected chi connectivity index (χ3v) is 4.71. The van der Waals surface area contributed by atoms with Gasteiger partial charge in [0.15, 0.2) is 0 Å². The van der Waals surface area contributed by atoms with E-state index in [1.165, 1.54) is 0 Å².